The number of rotatable bonds is 1. The van der Waals surface area contributed by atoms with E-state index in [9.17, 15) is 9.59 Å². The predicted octanol–water partition coefficient (Wildman–Crippen LogP) is 1.88. The third kappa shape index (κ3) is 1.13. The number of amides is 1. The first-order valence-corrected chi connectivity index (χ1v) is 5.26. The first-order valence-electron chi connectivity index (χ1n) is 4.38. The van der Waals surface area contributed by atoms with Crippen LogP contribution in [0.4, 0.5) is 5.69 Å². The van der Waals surface area contributed by atoms with Crippen molar-refractivity contribution in [3.8, 4) is 10.6 Å². The van der Waals surface area contributed by atoms with E-state index in [1.807, 2.05) is 17.5 Å². The van der Waals surface area contributed by atoms with Crippen LogP contribution in [-0.4, -0.2) is 16.7 Å². The van der Waals surface area contributed by atoms with E-state index in [0.717, 1.165) is 10.6 Å². The summed E-state index contributed by atoms with van der Waals surface area (Å²) in [7, 11) is 0. The third-order valence-electron chi connectivity index (χ3n) is 2.29. The van der Waals surface area contributed by atoms with E-state index >= 15 is 0 Å². The second-order valence-corrected chi connectivity index (χ2v) is 4.18. The summed E-state index contributed by atoms with van der Waals surface area (Å²) in [5.41, 5.74) is 1.81. The van der Waals surface area contributed by atoms with Crippen molar-refractivity contribution >= 4 is 28.7 Å². The van der Waals surface area contributed by atoms with Crippen LogP contribution in [0.15, 0.2) is 23.6 Å². The molecule has 2 N–H and O–H groups in total. The Balaban J connectivity index is 2.11. The topological polar surface area (TPSA) is 62.0 Å². The van der Waals surface area contributed by atoms with Crippen molar-refractivity contribution < 1.29 is 9.59 Å². The molecular weight excluding hydrogens is 212 g/mol. The van der Waals surface area contributed by atoms with E-state index in [-0.39, 0.29) is 0 Å². The molecule has 2 aromatic heterocycles. The fourth-order valence-corrected chi connectivity index (χ4v) is 2.29. The molecule has 0 radical (unpaired) electrons. The maximum Gasteiger partial charge on any atom is 0.298 e. The summed E-state index contributed by atoms with van der Waals surface area (Å²) in [6.07, 6.45) is 0. The summed E-state index contributed by atoms with van der Waals surface area (Å²) < 4.78 is 0. The molecule has 0 unspecified atom stereocenters. The molecule has 74 valence electrons. The molecule has 3 heterocycles. The van der Waals surface area contributed by atoms with E-state index in [2.05, 4.69) is 10.3 Å². The number of carbonyl (C=O) groups is 2. The van der Waals surface area contributed by atoms with Gasteiger partial charge in [0.25, 0.3) is 11.7 Å². The number of Topliss-reactive ketones (excluding diaryl/α,β-unsaturated/α-hetero) is 1. The highest BCUT2D eigenvalue weighted by Crippen LogP contribution is 2.31. The molecule has 0 spiro atoms. The minimum atomic E-state index is -0.561. The Labute approximate surface area is 88.9 Å². The molecule has 4 nitrogen and oxygen atoms in total. The average molecular weight is 218 g/mol. The molecule has 15 heavy (non-hydrogen) atoms. The molecule has 2 aromatic rings. The Bertz CT molecular complexity index is 554. The van der Waals surface area contributed by atoms with Crippen LogP contribution >= 0.6 is 11.3 Å². The zero-order valence-electron chi connectivity index (χ0n) is 7.53. The second kappa shape index (κ2) is 2.80. The lowest BCUT2D eigenvalue weighted by Gasteiger charge is -1.92. The highest BCUT2D eigenvalue weighted by molar-refractivity contribution is 7.13. The number of aromatic nitrogens is 1. The van der Waals surface area contributed by atoms with Crippen molar-refractivity contribution in [2.45, 2.75) is 0 Å². The SMILES string of the molecule is O=C1Nc2cc(-c3cccs3)[nH]c2C1=O. The number of hydrogen-bond acceptors (Lipinski definition) is 3. The van der Waals surface area contributed by atoms with Gasteiger partial charge >= 0.3 is 0 Å². The van der Waals surface area contributed by atoms with E-state index in [0.29, 0.717) is 11.4 Å². The molecule has 1 aliphatic rings. The van der Waals surface area contributed by atoms with Gasteiger partial charge in [-0.05, 0) is 17.5 Å². The summed E-state index contributed by atoms with van der Waals surface area (Å²) >= 11 is 1.58. The smallest absolute Gasteiger partial charge is 0.298 e. The van der Waals surface area contributed by atoms with Gasteiger partial charge < -0.3 is 10.3 Å². The standard InChI is InChI=1S/C10H6N2O2S/c13-9-8-6(12-10(9)14)4-5(11-8)7-2-1-3-15-7/h1-4,11H,(H,12,13,14). The molecule has 0 saturated heterocycles. The zero-order valence-corrected chi connectivity index (χ0v) is 8.35. The number of aromatic amines is 1. The van der Waals surface area contributed by atoms with Crippen LogP contribution in [0.5, 0.6) is 0 Å². The Morgan fingerprint density at radius 1 is 1.27 bits per heavy atom. The number of nitrogens with one attached hydrogen (secondary N) is 2. The van der Waals surface area contributed by atoms with E-state index < -0.39 is 11.7 Å². The zero-order chi connectivity index (χ0) is 10.4. The van der Waals surface area contributed by atoms with Crippen LogP contribution in [-0.2, 0) is 4.79 Å². The highest BCUT2D eigenvalue weighted by atomic mass is 32.1. The first-order chi connectivity index (χ1) is 7.25. The fourth-order valence-electron chi connectivity index (χ4n) is 1.59. The molecule has 5 heteroatoms. The van der Waals surface area contributed by atoms with Crippen molar-refractivity contribution in [2.75, 3.05) is 5.32 Å². The molecule has 1 aliphatic heterocycles. The van der Waals surface area contributed by atoms with Gasteiger partial charge in [0, 0.05) is 0 Å². The van der Waals surface area contributed by atoms with Crippen molar-refractivity contribution in [2.24, 2.45) is 0 Å². The van der Waals surface area contributed by atoms with Crippen molar-refractivity contribution in [1.29, 1.82) is 0 Å². The Morgan fingerprint density at radius 2 is 2.13 bits per heavy atom. The lowest BCUT2D eigenvalue weighted by Crippen LogP contribution is -2.13. The molecule has 0 fully saturated rings. The fraction of sp³-hybridized carbons (Fsp3) is 0. The normalized spacial score (nSPS) is 14.1. The van der Waals surface area contributed by atoms with Gasteiger partial charge in [-0.2, -0.15) is 0 Å². The Kier molecular flexibility index (Phi) is 1.58. The van der Waals surface area contributed by atoms with Crippen molar-refractivity contribution in [3.63, 3.8) is 0 Å². The van der Waals surface area contributed by atoms with E-state index in [1.165, 1.54) is 0 Å². The number of hydrogen-bond donors (Lipinski definition) is 2. The summed E-state index contributed by atoms with van der Waals surface area (Å²) in [4.78, 5) is 26.4. The molecule has 0 saturated carbocycles. The van der Waals surface area contributed by atoms with Gasteiger partial charge in [-0.1, -0.05) is 6.07 Å². The largest absolute Gasteiger partial charge is 0.349 e. The molecule has 1 amide bonds. The third-order valence-corrected chi connectivity index (χ3v) is 3.19. The van der Waals surface area contributed by atoms with Crippen LogP contribution < -0.4 is 5.32 Å². The molecule has 0 atom stereocenters. The number of carbonyl (C=O) groups excluding carboxylic acids is 2. The summed E-state index contributed by atoms with van der Waals surface area (Å²) in [6, 6.07) is 5.67. The van der Waals surface area contributed by atoms with Crippen LogP contribution in [0.2, 0.25) is 0 Å². The summed E-state index contributed by atoms with van der Waals surface area (Å²) in [5.74, 6) is -1.05. The summed E-state index contributed by atoms with van der Waals surface area (Å²) in [6.45, 7) is 0. The molecule has 3 rings (SSSR count). The van der Waals surface area contributed by atoms with Gasteiger partial charge in [-0.25, -0.2) is 0 Å². The maximum absolute atomic E-state index is 11.3. The van der Waals surface area contributed by atoms with E-state index in [1.54, 1.807) is 17.4 Å². The van der Waals surface area contributed by atoms with Crippen LogP contribution in [0, 0.1) is 0 Å². The van der Waals surface area contributed by atoms with Gasteiger partial charge in [0.1, 0.15) is 5.69 Å². The van der Waals surface area contributed by atoms with Gasteiger partial charge in [0.15, 0.2) is 0 Å². The predicted molar refractivity (Wildman–Crippen MR) is 57.1 cm³/mol. The van der Waals surface area contributed by atoms with Crippen LogP contribution in [0.1, 0.15) is 10.5 Å². The minimum Gasteiger partial charge on any atom is -0.349 e. The monoisotopic (exact) mass is 218 g/mol. The van der Waals surface area contributed by atoms with Gasteiger partial charge in [-0.3, -0.25) is 9.59 Å². The number of thiophene rings is 1. The van der Waals surface area contributed by atoms with Crippen LogP contribution in [0.3, 0.4) is 0 Å². The van der Waals surface area contributed by atoms with Gasteiger partial charge in [0.2, 0.25) is 0 Å². The van der Waals surface area contributed by atoms with Crippen molar-refractivity contribution in [3.05, 3.63) is 29.3 Å². The maximum atomic E-state index is 11.3. The summed E-state index contributed by atoms with van der Waals surface area (Å²) in [5, 5.41) is 4.47. The van der Waals surface area contributed by atoms with Gasteiger partial charge in [-0.15, -0.1) is 11.3 Å². The van der Waals surface area contributed by atoms with Crippen LogP contribution in [0.25, 0.3) is 10.6 Å². The van der Waals surface area contributed by atoms with Crippen molar-refractivity contribution in [1.82, 2.24) is 4.98 Å². The number of H-pyrrole nitrogens is 1. The second-order valence-electron chi connectivity index (χ2n) is 3.23. The number of fused-ring (bicyclic) bond motifs is 1. The number of ketones is 1. The quantitative estimate of drug-likeness (QED) is 0.718. The average Bonchev–Trinajstić information content (AvgIpc) is 2.86. The van der Waals surface area contributed by atoms with Gasteiger partial charge in [0.05, 0.1) is 16.3 Å². The molecular formula is C10H6N2O2S. The Hall–Kier alpha value is -1.88. The lowest BCUT2D eigenvalue weighted by atomic mass is 10.3. The number of anilines is 1. The molecule has 0 bridgehead atoms. The first kappa shape index (κ1) is 8.43. The lowest BCUT2D eigenvalue weighted by molar-refractivity contribution is -0.112. The molecule has 0 aliphatic carbocycles. The van der Waals surface area contributed by atoms with E-state index in [4.69, 9.17) is 0 Å². The molecule has 0 aromatic carbocycles. The minimum absolute atomic E-state index is 0.364. The Morgan fingerprint density at radius 3 is 2.80 bits per heavy atom. The highest BCUT2D eigenvalue weighted by Gasteiger charge is 2.30.